The molecule has 0 aliphatic rings. The molecule has 1 unspecified atom stereocenters. The molecule has 9 heteroatoms. The van der Waals surface area contributed by atoms with Crippen LogP contribution >= 0.6 is 23.2 Å². The van der Waals surface area contributed by atoms with E-state index in [0.29, 0.717) is 11.4 Å². The van der Waals surface area contributed by atoms with E-state index >= 15 is 0 Å². The number of carbonyl (C=O) groups excluding carboxylic acids is 1. The van der Waals surface area contributed by atoms with Gasteiger partial charge in [0, 0.05) is 11.1 Å². The van der Waals surface area contributed by atoms with Crippen LogP contribution in [-0.2, 0) is 10.0 Å². The Hall–Kier alpha value is -1.67. The Bertz CT molecular complexity index is 936. The Morgan fingerprint density at radius 3 is 2.46 bits per heavy atom. The highest BCUT2D eigenvalue weighted by atomic mass is 35.5. The summed E-state index contributed by atoms with van der Waals surface area (Å²) < 4.78 is 41.1. The minimum atomic E-state index is -3.84. The van der Waals surface area contributed by atoms with Crippen LogP contribution < -0.4 is 10.0 Å². The highest BCUT2D eigenvalue weighted by molar-refractivity contribution is 7.89. The van der Waals surface area contributed by atoms with Gasteiger partial charge in [0.2, 0.25) is 10.0 Å². The summed E-state index contributed by atoms with van der Waals surface area (Å²) >= 11 is 11.7. The maximum absolute atomic E-state index is 14.3. The molecule has 140 valence electrons. The zero-order valence-corrected chi connectivity index (χ0v) is 16.3. The third-order valence-corrected chi connectivity index (χ3v) is 5.78. The molecule has 0 heterocycles. The summed E-state index contributed by atoms with van der Waals surface area (Å²) in [5.74, 6) is -1.52. The Labute approximate surface area is 161 Å². The van der Waals surface area contributed by atoms with E-state index in [0.717, 1.165) is 6.07 Å². The van der Waals surface area contributed by atoms with E-state index in [1.807, 2.05) is 6.92 Å². The summed E-state index contributed by atoms with van der Waals surface area (Å²) in [7, 11) is -3.84. The van der Waals surface area contributed by atoms with Crippen LogP contribution in [0.15, 0.2) is 41.3 Å². The van der Waals surface area contributed by atoms with Crippen molar-refractivity contribution in [3.8, 4) is 0 Å². The second-order valence-electron chi connectivity index (χ2n) is 5.65. The largest absolute Gasteiger partial charge is 0.319 e. The van der Waals surface area contributed by atoms with Gasteiger partial charge in [-0.2, -0.15) is 0 Å². The lowest BCUT2D eigenvalue weighted by atomic mass is 10.2. The molecular weight excluding hydrogens is 402 g/mol. The van der Waals surface area contributed by atoms with Crippen molar-refractivity contribution in [2.75, 3.05) is 5.32 Å². The molecule has 0 bridgehead atoms. The molecule has 0 aliphatic heterocycles. The molecular formula is C17H17Cl2FN2O3S. The van der Waals surface area contributed by atoms with E-state index < -0.39 is 21.7 Å². The molecule has 2 aromatic rings. The molecule has 0 aliphatic carbocycles. The molecule has 5 nitrogen and oxygen atoms in total. The van der Waals surface area contributed by atoms with E-state index in [1.165, 1.54) is 30.3 Å². The van der Waals surface area contributed by atoms with Gasteiger partial charge >= 0.3 is 0 Å². The van der Waals surface area contributed by atoms with Gasteiger partial charge in [0.1, 0.15) is 5.82 Å². The lowest BCUT2D eigenvalue weighted by molar-refractivity contribution is 0.102. The Morgan fingerprint density at radius 1 is 1.19 bits per heavy atom. The van der Waals surface area contributed by atoms with Crippen molar-refractivity contribution in [1.82, 2.24) is 4.72 Å². The van der Waals surface area contributed by atoms with Gasteiger partial charge in [-0.1, -0.05) is 30.1 Å². The van der Waals surface area contributed by atoms with Crippen molar-refractivity contribution in [2.24, 2.45) is 0 Å². The summed E-state index contributed by atoms with van der Waals surface area (Å²) in [6.07, 6.45) is 0.595. The molecule has 2 N–H and O–H groups in total. The third kappa shape index (κ3) is 4.94. The number of rotatable bonds is 6. The van der Waals surface area contributed by atoms with Crippen molar-refractivity contribution in [2.45, 2.75) is 31.2 Å². The average molecular weight is 419 g/mol. The molecule has 2 aromatic carbocycles. The second-order valence-corrected chi connectivity index (χ2v) is 8.21. The first-order valence-electron chi connectivity index (χ1n) is 7.72. The number of sulfonamides is 1. The van der Waals surface area contributed by atoms with Crippen LogP contribution in [0.5, 0.6) is 0 Å². The summed E-state index contributed by atoms with van der Waals surface area (Å²) in [5.41, 5.74) is -0.0471. The number of halogens is 3. The van der Waals surface area contributed by atoms with E-state index in [2.05, 4.69) is 10.0 Å². The molecule has 0 radical (unpaired) electrons. The lowest BCUT2D eigenvalue weighted by Gasteiger charge is -2.13. The van der Waals surface area contributed by atoms with Crippen molar-refractivity contribution < 1.29 is 17.6 Å². The van der Waals surface area contributed by atoms with Gasteiger partial charge in [-0.25, -0.2) is 17.5 Å². The first kappa shape index (κ1) is 20.6. The van der Waals surface area contributed by atoms with Crippen LogP contribution in [-0.4, -0.2) is 20.4 Å². The SMILES string of the molecule is CCC(C)NS(=O)(=O)c1ccc(NC(=O)c2ccc(Cl)cc2Cl)c(F)c1. The van der Waals surface area contributed by atoms with Crippen molar-refractivity contribution in [1.29, 1.82) is 0 Å². The molecule has 0 aromatic heterocycles. The molecule has 0 fully saturated rings. The van der Waals surface area contributed by atoms with E-state index in [1.54, 1.807) is 6.92 Å². The zero-order valence-electron chi connectivity index (χ0n) is 14.0. The smallest absolute Gasteiger partial charge is 0.257 e. The number of anilines is 1. The fraction of sp³-hybridized carbons (Fsp3) is 0.235. The number of benzene rings is 2. The predicted molar refractivity (Wildman–Crippen MR) is 101 cm³/mol. The van der Waals surface area contributed by atoms with Crippen LogP contribution in [0.2, 0.25) is 10.0 Å². The van der Waals surface area contributed by atoms with E-state index in [4.69, 9.17) is 23.2 Å². The maximum Gasteiger partial charge on any atom is 0.257 e. The summed E-state index contributed by atoms with van der Waals surface area (Å²) in [6.45, 7) is 3.53. The molecule has 0 spiro atoms. The number of hydrogen-bond donors (Lipinski definition) is 2. The van der Waals surface area contributed by atoms with Crippen LogP contribution in [0.1, 0.15) is 30.6 Å². The second kappa shape index (κ2) is 8.35. The van der Waals surface area contributed by atoms with E-state index in [9.17, 15) is 17.6 Å². The third-order valence-electron chi connectivity index (χ3n) is 3.64. The Kier molecular flexibility index (Phi) is 6.63. The van der Waals surface area contributed by atoms with Gasteiger partial charge in [-0.3, -0.25) is 4.79 Å². The average Bonchev–Trinajstić information content (AvgIpc) is 2.55. The highest BCUT2D eigenvalue weighted by Crippen LogP contribution is 2.24. The molecule has 1 amide bonds. The fourth-order valence-corrected chi connectivity index (χ4v) is 3.88. The maximum atomic E-state index is 14.3. The number of carbonyl (C=O) groups is 1. The monoisotopic (exact) mass is 418 g/mol. The minimum Gasteiger partial charge on any atom is -0.319 e. The molecule has 0 saturated carbocycles. The van der Waals surface area contributed by atoms with Gasteiger partial charge < -0.3 is 5.32 Å². The minimum absolute atomic E-state index is 0.116. The molecule has 0 saturated heterocycles. The van der Waals surface area contributed by atoms with Gasteiger partial charge in [-0.15, -0.1) is 0 Å². The van der Waals surface area contributed by atoms with Gasteiger partial charge in [-0.05, 0) is 49.7 Å². The van der Waals surface area contributed by atoms with Crippen molar-refractivity contribution >= 4 is 44.8 Å². The molecule has 1 atom stereocenters. The van der Waals surface area contributed by atoms with Gasteiger partial charge in [0.25, 0.3) is 5.91 Å². The quantitative estimate of drug-likeness (QED) is 0.726. The van der Waals surface area contributed by atoms with Gasteiger partial charge in [0.15, 0.2) is 0 Å². The summed E-state index contributed by atoms with van der Waals surface area (Å²) in [6, 6.07) is 7.25. The molecule has 26 heavy (non-hydrogen) atoms. The van der Waals surface area contributed by atoms with Crippen molar-refractivity contribution in [3.05, 3.63) is 57.8 Å². The first-order valence-corrected chi connectivity index (χ1v) is 9.96. The van der Waals surface area contributed by atoms with Crippen LogP contribution in [0.3, 0.4) is 0 Å². The summed E-state index contributed by atoms with van der Waals surface area (Å²) in [5, 5.41) is 2.84. The normalized spacial score (nSPS) is 12.7. The number of hydrogen-bond acceptors (Lipinski definition) is 3. The Balaban J connectivity index is 2.23. The summed E-state index contributed by atoms with van der Waals surface area (Å²) in [4.78, 5) is 12.0. The fourth-order valence-electron chi connectivity index (χ4n) is 2.04. The lowest BCUT2D eigenvalue weighted by Crippen LogP contribution is -2.32. The van der Waals surface area contributed by atoms with Crippen LogP contribution in [0.25, 0.3) is 0 Å². The number of nitrogens with one attached hydrogen (secondary N) is 2. The number of amides is 1. The standard InChI is InChI=1S/C17H17Cl2FN2O3S/c1-3-10(2)22-26(24,25)12-5-7-16(15(20)9-12)21-17(23)13-6-4-11(18)8-14(13)19/h4-10,22H,3H2,1-2H3,(H,21,23). The van der Waals surface area contributed by atoms with Crippen LogP contribution in [0, 0.1) is 5.82 Å². The van der Waals surface area contributed by atoms with Crippen molar-refractivity contribution in [3.63, 3.8) is 0 Å². The first-order chi connectivity index (χ1) is 12.1. The predicted octanol–water partition coefficient (Wildman–Crippen LogP) is 4.46. The highest BCUT2D eigenvalue weighted by Gasteiger charge is 2.19. The zero-order chi connectivity index (χ0) is 19.5. The van der Waals surface area contributed by atoms with E-state index in [-0.39, 0.29) is 27.2 Å². The Morgan fingerprint density at radius 2 is 1.88 bits per heavy atom. The van der Waals surface area contributed by atoms with Gasteiger partial charge in [0.05, 0.1) is 21.2 Å². The molecule has 2 rings (SSSR count). The topological polar surface area (TPSA) is 75.3 Å². The van der Waals surface area contributed by atoms with Crippen LogP contribution in [0.4, 0.5) is 10.1 Å².